The topological polar surface area (TPSA) is 93.5 Å². The van der Waals surface area contributed by atoms with Crippen molar-refractivity contribution in [3.8, 4) is 11.1 Å². The Balaban J connectivity index is 1.50. The van der Waals surface area contributed by atoms with Crippen molar-refractivity contribution in [2.75, 3.05) is 18.6 Å². The fourth-order valence-electron chi connectivity index (χ4n) is 6.06. The molecule has 8 nitrogen and oxygen atoms in total. The molecule has 49 heavy (non-hydrogen) atoms. The average molecular weight is 697 g/mol. The Bertz CT molecular complexity index is 1980. The molecule has 1 aliphatic rings. The van der Waals surface area contributed by atoms with Gasteiger partial charge in [-0.2, -0.15) is 26.3 Å². The number of amides is 1. The monoisotopic (exact) mass is 696 g/mol. The molecule has 0 aliphatic carbocycles. The third kappa shape index (κ3) is 6.81. The molecule has 260 valence electrons. The number of ether oxygens (including phenoxy) is 1. The maximum atomic E-state index is 15.2. The highest BCUT2D eigenvalue weighted by molar-refractivity contribution is 5.99. The minimum Gasteiger partial charge on any atom is -0.467 e. The number of fused-ring (bicyclic) bond motifs is 1. The van der Waals surface area contributed by atoms with Gasteiger partial charge in [-0.15, -0.1) is 0 Å². The summed E-state index contributed by atoms with van der Waals surface area (Å²) < 4.78 is 119. The molecule has 16 heteroatoms. The Morgan fingerprint density at radius 3 is 2.35 bits per heavy atom. The normalized spacial score (nSPS) is 15.8. The number of hydrogen-bond acceptors (Lipinski definition) is 6. The summed E-state index contributed by atoms with van der Waals surface area (Å²) in [7, 11) is 2.30. The predicted molar refractivity (Wildman–Crippen MR) is 162 cm³/mol. The van der Waals surface area contributed by atoms with Gasteiger partial charge in [0.05, 0.1) is 23.8 Å². The van der Waals surface area contributed by atoms with Crippen molar-refractivity contribution in [3.05, 3.63) is 93.0 Å². The number of benzene rings is 2. The first kappa shape index (κ1) is 35.3. The number of aromatic nitrogens is 2. The van der Waals surface area contributed by atoms with Crippen LogP contribution in [0.5, 0.6) is 0 Å². The van der Waals surface area contributed by atoms with Crippen LogP contribution < -0.4 is 15.8 Å². The largest absolute Gasteiger partial charge is 0.467 e. The summed E-state index contributed by atoms with van der Waals surface area (Å²) in [6.45, 7) is 1.24. The number of rotatable bonds is 7. The van der Waals surface area contributed by atoms with Crippen LogP contribution in [0.25, 0.3) is 22.0 Å². The van der Waals surface area contributed by atoms with E-state index in [2.05, 4.69) is 10.3 Å². The molecule has 3 heterocycles. The number of aryl methyl sites for hydroxylation is 1. The first-order valence-electron chi connectivity index (χ1n) is 14.8. The van der Waals surface area contributed by atoms with Crippen LogP contribution in [0.1, 0.15) is 40.0 Å². The molecule has 0 saturated carbocycles. The number of hydrogen-bond donors (Lipinski definition) is 1. The van der Waals surface area contributed by atoms with Crippen molar-refractivity contribution in [2.45, 2.75) is 50.6 Å². The SMILES string of the molecule is COC(=O)[C@H](Cc1ccc(-c2c(C(F)(F)F)cc(C)n(C)c2=O)c2ncccc12)NC(=O)c1c(F)cc(N2CCC[C@@H]2C(F)(F)F)cc1F. The van der Waals surface area contributed by atoms with Crippen molar-refractivity contribution >= 4 is 28.5 Å². The van der Waals surface area contributed by atoms with Gasteiger partial charge in [0.15, 0.2) is 0 Å². The number of nitrogens with zero attached hydrogens (tertiary/aromatic N) is 3. The van der Waals surface area contributed by atoms with Gasteiger partial charge in [-0.05, 0) is 49.6 Å². The lowest BCUT2D eigenvalue weighted by Crippen LogP contribution is -2.44. The molecule has 1 amide bonds. The number of methoxy groups -OCH3 is 1. The maximum absolute atomic E-state index is 15.2. The van der Waals surface area contributed by atoms with Crippen LogP contribution in [0, 0.1) is 18.6 Å². The van der Waals surface area contributed by atoms with Gasteiger partial charge in [-0.1, -0.05) is 18.2 Å². The second-order valence-corrected chi connectivity index (χ2v) is 11.5. The molecule has 1 fully saturated rings. The van der Waals surface area contributed by atoms with Gasteiger partial charge in [0.2, 0.25) is 0 Å². The van der Waals surface area contributed by atoms with Crippen LogP contribution in [-0.4, -0.2) is 53.3 Å². The molecule has 2 aromatic carbocycles. The minimum atomic E-state index is -4.90. The summed E-state index contributed by atoms with van der Waals surface area (Å²) in [5.74, 6) is -5.40. The van der Waals surface area contributed by atoms with E-state index in [-0.39, 0.29) is 47.1 Å². The lowest BCUT2D eigenvalue weighted by Gasteiger charge is -2.28. The van der Waals surface area contributed by atoms with E-state index in [0.29, 0.717) is 12.1 Å². The third-order valence-corrected chi connectivity index (χ3v) is 8.54. The zero-order valence-electron chi connectivity index (χ0n) is 26.1. The minimum absolute atomic E-state index is 0.0341. The summed E-state index contributed by atoms with van der Waals surface area (Å²) in [4.78, 5) is 44.1. The molecular weight excluding hydrogens is 668 g/mol. The number of anilines is 1. The summed E-state index contributed by atoms with van der Waals surface area (Å²) in [5.41, 5.74) is -4.21. The summed E-state index contributed by atoms with van der Waals surface area (Å²) >= 11 is 0. The molecule has 0 spiro atoms. The number of esters is 1. The lowest BCUT2D eigenvalue weighted by atomic mass is 9.93. The molecule has 0 unspecified atom stereocenters. The molecule has 1 aliphatic heterocycles. The zero-order chi connectivity index (χ0) is 36.0. The first-order valence-corrected chi connectivity index (χ1v) is 14.8. The van der Waals surface area contributed by atoms with Crippen molar-refractivity contribution < 1.29 is 49.4 Å². The molecule has 1 N–H and O–H groups in total. The highest BCUT2D eigenvalue weighted by Crippen LogP contribution is 2.39. The Morgan fingerprint density at radius 2 is 1.73 bits per heavy atom. The van der Waals surface area contributed by atoms with E-state index in [1.807, 2.05) is 0 Å². The predicted octanol–water partition coefficient (Wildman–Crippen LogP) is 6.25. The number of carbonyl (C=O) groups excluding carboxylic acids is 2. The first-order chi connectivity index (χ1) is 22.9. The Kier molecular flexibility index (Phi) is 9.45. The molecule has 2 aromatic heterocycles. The van der Waals surface area contributed by atoms with E-state index >= 15 is 8.78 Å². The average Bonchev–Trinajstić information content (AvgIpc) is 3.54. The molecular formula is C33H28F8N4O4. The van der Waals surface area contributed by atoms with Crippen LogP contribution in [0.3, 0.4) is 0 Å². The molecule has 0 bridgehead atoms. The van der Waals surface area contributed by atoms with E-state index in [0.717, 1.165) is 22.6 Å². The molecule has 2 atom stereocenters. The van der Waals surface area contributed by atoms with Gasteiger partial charge in [-0.25, -0.2) is 13.6 Å². The second kappa shape index (κ2) is 13.1. The third-order valence-electron chi connectivity index (χ3n) is 8.54. The number of alkyl halides is 6. The molecule has 0 radical (unpaired) electrons. The summed E-state index contributed by atoms with van der Waals surface area (Å²) in [6.07, 6.45) is -8.80. The van der Waals surface area contributed by atoms with E-state index < -0.39 is 82.3 Å². The zero-order valence-corrected chi connectivity index (χ0v) is 26.1. The van der Waals surface area contributed by atoms with Gasteiger partial charge >= 0.3 is 18.3 Å². The molecule has 5 rings (SSSR count). The smallest absolute Gasteiger partial charge is 0.417 e. The highest BCUT2D eigenvalue weighted by atomic mass is 19.4. The summed E-state index contributed by atoms with van der Waals surface area (Å²) in [6, 6.07) is 3.96. The van der Waals surface area contributed by atoms with Gasteiger partial charge in [-0.3, -0.25) is 14.6 Å². The van der Waals surface area contributed by atoms with Crippen LogP contribution in [0.2, 0.25) is 0 Å². The second-order valence-electron chi connectivity index (χ2n) is 11.5. The standard InChI is InChI=1S/C33H28F8N4O4/c1-16-12-21(32(36,37)38)26(30(47)44(16)2)20-9-8-17(19-6-4-10-42-28(19)20)13-24(31(48)49-3)43-29(46)27-22(34)14-18(15-23(27)35)45-11-5-7-25(45)33(39,40)41/h4,6,8-10,12,14-15,24-25H,5,7,11,13H2,1-3H3,(H,43,46)/t24-,25+/m0/s1. The van der Waals surface area contributed by atoms with E-state index in [1.54, 1.807) is 0 Å². The molecule has 4 aromatic rings. The van der Waals surface area contributed by atoms with Crippen LogP contribution in [-0.2, 0) is 29.2 Å². The van der Waals surface area contributed by atoms with Crippen LogP contribution in [0.4, 0.5) is 40.8 Å². The Morgan fingerprint density at radius 1 is 1.06 bits per heavy atom. The lowest BCUT2D eigenvalue weighted by molar-refractivity contribution is -0.146. The Labute approximate surface area is 273 Å². The van der Waals surface area contributed by atoms with Crippen molar-refractivity contribution in [3.63, 3.8) is 0 Å². The van der Waals surface area contributed by atoms with Crippen molar-refractivity contribution in [1.29, 1.82) is 0 Å². The van der Waals surface area contributed by atoms with Gasteiger partial charge in [0.25, 0.3) is 11.5 Å². The Hall–Kier alpha value is -5.02. The maximum Gasteiger partial charge on any atom is 0.417 e. The van der Waals surface area contributed by atoms with E-state index in [4.69, 9.17) is 4.74 Å². The van der Waals surface area contributed by atoms with E-state index in [9.17, 15) is 40.7 Å². The van der Waals surface area contributed by atoms with Crippen molar-refractivity contribution in [1.82, 2.24) is 14.9 Å². The van der Waals surface area contributed by atoms with Crippen LogP contribution in [0.15, 0.2) is 53.5 Å². The van der Waals surface area contributed by atoms with Crippen LogP contribution >= 0.6 is 0 Å². The fourth-order valence-corrected chi connectivity index (χ4v) is 6.06. The molecule has 1 saturated heterocycles. The fraction of sp³-hybridized carbons (Fsp3) is 0.333. The summed E-state index contributed by atoms with van der Waals surface area (Å²) in [5, 5.41) is 2.39. The number of carbonyl (C=O) groups is 2. The quantitative estimate of drug-likeness (QED) is 0.182. The number of pyridine rings is 2. The number of nitrogens with one attached hydrogen (secondary N) is 1. The van der Waals surface area contributed by atoms with Gasteiger partial charge < -0.3 is 19.5 Å². The highest BCUT2D eigenvalue weighted by Gasteiger charge is 2.46. The van der Waals surface area contributed by atoms with E-state index in [1.165, 1.54) is 44.4 Å². The van der Waals surface area contributed by atoms with Crippen molar-refractivity contribution in [2.24, 2.45) is 7.05 Å². The number of halogens is 8. The van der Waals surface area contributed by atoms with Gasteiger partial charge in [0, 0.05) is 48.5 Å². The van der Waals surface area contributed by atoms with Gasteiger partial charge in [0.1, 0.15) is 29.3 Å².